The predicted molar refractivity (Wildman–Crippen MR) is 95.9 cm³/mol. The molecule has 0 saturated carbocycles. The van der Waals surface area contributed by atoms with Crippen LogP contribution in [0.15, 0.2) is 55.1 Å². The minimum Gasteiger partial charge on any atom is -0.491 e. The highest BCUT2D eigenvalue weighted by Gasteiger charge is 2.05. The molecule has 2 aromatic carbocycles. The Labute approximate surface area is 143 Å². The third-order valence-electron chi connectivity index (χ3n) is 3.47. The molecule has 1 N–H and O–H groups in total. The molecule has 0 fully saturated rings. The standard InChI is InChI=1S/C20H23NO3/c1-4-12-23-18-9-7-17(8-10-18)20(22)21-11-13-24-19-14-15(2)5-6-16(19)3/h4-10,14H,1,11-13H2,2-3H3,(H,21,22). The topological polar surface area (TPSA) is 47.6 Å². The number of rotatable bonds is 8. The Morgan fingerprint density at radius 2 is 1.88 bits per heavy atom. The Morgan fingerprint density at radius 3 is 2.58 bits per heavy atom. The fourth-order valence-electron chi connectivity index (χ4n) is 2.15. The molecule has 0 spiro atoms. The van der Waals surface area contributed by atoms with E-state index in [0.717, 1.165) is 16.9 Å². The number of nitrogens with one attached hydrogen (secondary N) is 1. The van der Waals surface area contributed by atoms with E-state index in [2.05, 4.69) is 11.9 Å². The Bertz CT molecular complexity index is 693. The molecular weight excluding hydrogens is 302 g/mol. The highest BCUT2D eigenvalue weighted by molar-refractivity contribution is 5.94. The lowest BCUT2D eigenvalue weighted by molar-refractivity contribution is 0.0947. The summed E-state index contributed by atoms with van der Waals surface area (Å²) in [6.07, 6.45) is 1.68. The zero-order chi connectivity index (χ0) is 17.4. The minimum atomic E-state index is -0.130. The van der Waals surface area contributed by atoms with Gasteiger partial charge in [0.1, 0.15) is 24.7 Å². The van der Waals surface area contributed by atoms with Crippen LogP contribution in [0.25, 0.3) is 0 Å². The van der Waals surface area contributed by atoms with Crippen molar-refractivity contribution in [3.05, 3.63) is 71.8 Å². The van der Waals surface area contributed by atoms with Crippen molar-refractivity contribution >= 4 is 5.91 Å². The van der Waals surface area contributed by atoms with Gasteiger partial charge in [-0.25, -0.2) is 0 Å². The smallest absolute Gasteiger partial charge is 0.251 e. The van der Waals surface area contributed by atoms with Crippen molar-refractivity contribution in [3.63, 3.8) is 0 Å². The van der Waals surface area contributed by atoms with Gasteiger partial charge in [-0.2, -0.15) is 0 Å². The number of carbonyl (C=O) groups is 1. The van der Waals surface area contributed by atoms with Gasteiger partial charge in [-0.05, 0) is 55.3 Å². The number of hydrogen-bond donors (Lipinski definition) is 1. The predicted octanol–water partition coefficient (Wildman–Crippen LogP) is 3.68. The number of hydrogen-bond acceptors (Lipinski definition) is 3. The highest BCUT2D eigenvalue weighted by Crippen LogP contribution is 2.18. The molecule has 0 radical (unpaired) electrons. The second-order valence-electron chi connectivity index (χ2n) is 5.50. The van der Waals surface area contributed by atoms with E-state index < -0.39 is 0 Å². The highest BCUT2D eigenvalue weighted by atomic mass is 16.5. The molecule has 2 rings (SSSR count). The van der Waals surface area contributed by atoms with E-state index in [1.807, 2.05) is 32.0 Å². The second-order valence-corrected chi connectivity index (χ2v) is 5.50. The van der Waals surface area contributed by atoms with Gasteiger partial charge in [0.15, 0.2) is 0 Å². The van der Waals surface area contributed by atoms with E-state index in [1.165, 1.54) is 0 Å². The Morgan fingerprint density at radius 1 is 1.12 bits per heavy atom. The first kappa shape index (κ1) is 17.6. The van der Waals surface area contributed by atoms with E-state index in [1.54, 1.807) is 30.3 Å². The van der Waals surface area contributed by atoms with Crippen LogP contribution in [-0.2, 0) is 0 Å². The molecule has 0 aliphatic carbocycles. The van der Waals surface area contributed by atoms with E-state index in [0.29, 0.717) is 31.1 Å². The summed E-state index contributed by atoms with van der Waals surface area (Å²) in [4.78, 5) is 12.1. The van der Waals surface area contributed by atoms with Gasteiger partial charge >= 0.3 is 0 Å². The molecule has 4 nitrogen and oxygen atoms in total. The quantitative estimate of drug-likeness (QED) is 0.595. The van der Waals surface area contributed by atoms with Crippen LogP contribution >= 0.6 is 0 Å². The molecule has 0 aliphatic heterocycles. The monoisotopic (exact) mass is 325 g/mol. The van der Waals surface area contributed by atoms with Crippen LogP contribution in [0.1, 0.15) is 21.5 Å². The van der Waals surface area contributed by atoms with Crippen LogP contribution in [0, 0.1) is 13.8 Å². The van der Waals surface area contributed by atoms with Crippen molar-refractivity contribution in [1.82, 2.24) is 5.32 Å². The lowest BCUT2D eigenvalue weighted by Crippen LogP contribution is -2.28. The first-order valence-electron chi connectivity index (χ1n) is 7.92. The van der Waals surface area contributed by atoms with Crippen molar-refractivity contribution in [1.29, 1.82) is 0 Å². The molecule has 24 heavy (non-hydrogen) atoms. The van der Waals surface area contributed by atoms with Gasteiger partial charge in [-0.3, -0.25) is 4.79 Å². The summed E-state index contributed by atoms with van der Waals surface area (Å²) in [7, 11) is 0. The van der Waals surface area contributed by atoms with Gasteiger partial charge in [0, 0.05) is 5.56 Å². The van der Waals surface area contributed by atoms with E-state index in [9.17, 15) is 4.79 Å². The summed E-state index contributed by atoms with van der Waals surface area (Å²) in [5.74, 6) is 1.44. The van der Waals surface area contributed by atoms with Gasteiger partial charge < -0.3 is 14.8 Å². The summed E-state index contributed by atoms with van der Waals surface area (Å²) in [5.41, 5.74) is 2.83. The van der Waals surface area contributed by atoms with E-state index in [-0.39, 0.29) is 5.91 Å². The maximum Gasteiger partial charge on any atom is 0.251 e. The SMILES string of the molecule is C=CCOc1ccc(C(=O)NCCOc2cc(C)ccc2C)cc1. The van der Waals surface area contributed by atoms with Crippen molar-refractivity contribution < 1.29 is 14.3 Å². The molecule has 126 valence electrons. The Balaban J connectivity index is 1.78. The summed E-state index contributed by atoms with van der Waals surface area (Å²) in [6.45, 7) is 8.94. The summed E-state index contributed by atoms with van der Waals surface area (Å²) >= 11 is 0. The van der Waals surface area contributed by atoms with Crippen LogP contribution in [0.4, 0.5) is 0 Å². The van der Waals surface area contributed by atoms with Crippen molar-refractivity contribution in [2.75, 3.05) is 19.8 Å². The molecule has 0 aliphatic rings. The average Bonchev–Trinajstić information content (AvgIpc) is 2.60. The molecular formula is C20H23NO3. The minimum absolute atomic E-state index is 0.130. The Hall–Kier alpha value is -2.75. The largest absolute Gasteiger partial charge is 0.491 e. The molecule has 0 aromatic heterocycles. The van der Waals surface area contributed by atoms with Crippen LogP contribution in [0.3, 0.4) is 0 Å². The number of benzene rings is 2. The molecule has 0 heterocycles. The number of carbonyl (C=O) groups excluding carboxylic acids is 1. The molecule has 0 saturated heterocycles. The van der Waals surface area contributed by atoms with E-state index >= 15 is 0 Å². The maximum absolute atomic E-state index is 12.1. The summed E-state index contributed by atoms with van der Waals surface area (Å²) < 4.78 is 11.1. The molecule has 0 bridgehead atoms. The lowest BCUT2D eigenvalue weighted by atomic mass is 10.1. The first-order chi connectivity index (χ1) is 11.6. The van der Waals surface area contributed by atoms with Gasteiger partial charge in [0.2, 0.25) is 0 Å². The number of amides is 1. The third kappa shape index (κ3) is 5.16. The summed E-state index contributed by atoms with van der Waals surface area (Å²) in [6, 6.07) is 13.1. The molecule has 0 atom stereocenters. The Kier molecular flexibility index (Phi) is 6.43. The van der Waals surface area contributed by atoms with Crippen LogP contribution in [0.5, 0.6) is 11.5 Å². The molecule has 4 heteroatoms. The van der Waals surface area contributed by atoms with Crippen LogP contribution in [0.2, 0.25) is 0 Å². The maximum atomic E-state index is 12.1. The zero-order valence-electron chi connectivity index (χ0n) is 14.2. The lowest BCUT2D eigenvalue weighted by Gasteiger charge is -2.11. The van der Waals surface area contributed by atoms with Gasteiger partial charge in [0.05, 0.1) is 6.54 Å². The van der Waals surface area contributed by atoms with Gasteiger partial charge in [-0.15, -0.1) is 0 Å². The fourth-order valence-corrected chi connectivity index (χ4v) is 2.15. The van der Waals surface area contributed by atoms with Crippen molar-refractivity contribution in [2.24, 2.45) is 0 Å². The fraction of sp³-hybridized carbons (Fsp3) is 0.250. The van der Waals surface area contributed by atoms with E-state index in [4.69, 9.17) is 9.47 Å². The molecule has 1 amide bonds. The number of ether oxygens (including phenoxy) is 2. The third-order valence-corrected chi connectivity index (χ3v) is 3.47. The van der Waals surface area contributed by atoms with Crippen LogP contribution in [-0.4, -0.2) is 25.7 Å². The molecule has 2 aromatic rings. The van der Waals surface area contributed by atoms with Crippen molar-refractivity contribution in [3.8, 4) is 11.5 Å². The first-order valence-corrected chi connectivity index (χ1v) is 7.92. The average molecular weight is 325 g/mol. The summed E-state index contributed by atoms with van der Waals surface area (Å²) in [5, 5.41) is 2.84. The molecule has 0 unspecified atom stereocenters. The number of aryl methyl sites for hydroxylation is 2. The van der Waals surface area contributed by atoms with Crippen LogP contribution < -0.4 is 14.8 Å². The zero-order valence-corrected chi connectivity index (χ0v) is 14.2. The van der Waals surface area contributed by atoms with Crippen molar-refractivity contribution in [2.45, 2.75) is 13.8 Å². The normalized spacial score (nSPS) is 10.1. The van der Waals surface area contributed by atoms with Gasteiger partial charge in [0.25, 0.3) is 5.91 Å². The second kappa shape index (κ2) is 8.77. The van der Waals surface area contributed by atoms with Gasteiger partial charge in [-0.1, -0.05) is 24.8 Å².